The van der Waals surface area contributed by atoms with Gasteiger partial charge in [0.1, 0.15) is 18.0 Å². The Hall–Kier alpha value is -3.01. The number of nitrogens with one attached hydrogen (secondary N) is 3. The van der Waals surface area contributed by atoms with Crippen molar-refractivity contribution in [1.29, 1.82) is 5.26 Å². The van der Waals surface area contributed by atoms with Crippen LogP contribution < -0.4 is 10.6 Å². The quantitative estimate of drug-likeness (QED) is 0.635. The Morgan fingerprint density at radius 1 is 1.28 bits per heavy atom. The van der Waals surface area contributed by atoms with Crippen molar-refractivity contribution < 1.29 is 14.7 Å². The molecule has 2 aromatic rings. The molecule has 1 aliphatic carbocycles. The molecule has 1 heterocycles. The van der Waals surface area contributed by atoms with Crippen LogP contribution in [0.2, 0.25) is 0 Å². The third-order valence-electron chi connectivity index (χ3n) is 4.61. The fourth-order valence-electron chi connectivity index (χ4n) is 3.36. The van der Waals surface area contributed by atoms with E-state index in [-0.39, 0.29) is 36.1 Å². The molecule has 0 aliphatic heterocycles. The van der Waals surface area contributed by atoms with E-state index in [9.17, 15) is 14.7 Å². The summed E-state index contributed by atoms with van der Waals surface area (Å²) < 4.78 is 0. The average molecular weight is 340 g/mol. The van der Waals surface area contributed by atoms with Crippen molar-refractivity contribution in [2.45, 2.75) is 31.7 Å². The number of phenols is 1. The lowest BCUT2D eigenvalue weighted by Crippen LogP contribution is -2.48. The lowest BCUT2D eigenvalue weighted by molar-refractivity contribution is -0.126. The van der Waals surface area contributed by atoms with Crippen LogP contribution >= 0.6 is 0 Å². The molecule has 1 fully saturated rings. The Labute approximate surface area is 145 Å². The van der Waals surface area contributed by atoms with Crippen molar-refractivity contribution in [2.75, 3.05) is 6.54 Å². The number of H-pyrrole nitrogens is 1. The number of nitrogens with zero attached hydrogens (tertiary/aromatic N) is 1. The van der Waals surface area contributed by atoms with Crippen LogP contribution in [0.3, 0.4) is 0 Å². The van der Waals surface area contributed by atoms with Gasteiger partial charge >= 0.3 is 0 Å². The standard InChI is InChI=1S/C18H20N4O3/c19-7-8-20-17(24)13-3-1-2-4-14(13)22-18(25)16-9-11-5-6-12(23)10-15(11)21-16/h5-6,9-10,13-14,21,23H,1-4,8H2,(H,20,24)(H,22,25)/t13-,14+/m1/s1. The number of aromatic amines is 1. The summed E-state index contributed by atoms with van der Waals surface area (Å²) in [6, 6.07) is 8.22. The van der Waals surface area contributed by atoms with Crippen LogP contribution in [0.1, 0.15) is 36.2 Å². The second kappa shape index (κ2) is 7.26. The van der Waals surface area contributed by atoms with Gasteiger partial charge in [0, 0.05) is 23.0 Å². The number of benzene rings is 1. The predicted octanol–water partition coefficient (Wildman–Crippen LogP) is 1.80. The van der Waals surface area contributed by atoms with Crippen LogP contribution in [-0.4, -0.2) is 34.5 Å². The Kier molecular flexibility index (Phi) is 4.89. The summed E-state index contributed by atoms with van der Waals surface area (Å²) in [5.41, 5.74) is 1.07. The number of carbonyl (C=O) groups is 2. The monoisotopic (exact) mass is 340 g/mol. The van der Waals surface area contributed by atoms with Crippen molar-refractivity contribution in [3.8, 4) is 11.8 Å². The maximum atomic E-state index is 12.6. The van der Waals surface area contributed by atoms with Crippen LogP contribution in [0.4, 0.5) is 0 Å². The lowest BCUT2D eigenvalue weighted by Gasteiger charge is -2.30. The first kappa shape index (κ1) is 16.8. The summed E-state index contributed by atoms with van der Waals surface area (Å²) in [7, 11) is 0. The highest BCUT2D eigenvalue weighted by molar-refractivity contribution is 5.98. The van der Waals surface area contributed by atoms with Gasteiger partial charge in [0.15, 0.2) is 0 Å². The molecule has 1 aromatic carbocycles. The molecule has 4 N–H and O–H groups in total. The number of fused-ring (bicyclic) bond motifs is 1. The number of aromatic nitrogens is 1. The number of phenolic OH excluding ortho intramolecular Hbond substituents is 1. The molecule has 0 bridgehead atoms. The van der Waals surface area contributed by atoms with Gasteiger partial charge in [0.2, 0.25) is 5.91 Å². The normalized spacial score (nSPS) is 20.0. The molecule has 7 heteroatoms. The SMILES string of the molecule is N#CCNC(=O)[C@@H]1CCCC[C@@H]1NC(=O)c1cc2ccc(O)cc2[nH]1. The minimum atomic E-state index is -0.320. The molecule has 3 rings (SSSR count). The molecule has 0 radical (unpaired) electrons. The minimum Gasteiger partial charge on any atom is -0.508 e. The number of hydrogen-bond acceptors (Lipinski definition) is 4. The van der Waals surface area contributed by atoms with E-state index in [4.69, 9.17) is 5.26 Å². The zero-order valence-electron chi connectivity index (χ0n) is 13.7. The number of rotatable bonds is 4. The molecule has 1 aromatic heterocycles. The smallest absolute Gasteiger partial charge is 0.267 e. The first-order valence-electron chi connectivity index (χ1n) is 8.36. The van der Waals surface area contributed by atoms with E-state index in [1.165, 1.54) is 0 Å². The zero-order valence-corrected chi connectivity index (χ0v) is 13.7. The largest absolute Gasteiger partial charge is 0.508 e. The Morgan fingerprint density at radius 2 is 2.08 bits per heavy atom. The first-order chi connectivity index (χ1) is 12.1. The van der Waals surface area contributed by atoms with E-state index in [1.807, 2.05) is 6.07 Å². The topological polar surface area (TPSA) is 118 Å². The molecule has 1 aliphatic rings. The van der Waals surface area contributed by atoms with E-state index < -0.39 is 0 Å². The lowest BCUT2D eigenvalue weighted by atomic mass is 9.83. The highest BCUT2D eigenvalue weighted by Crippen LogP contribution is 2.26. The highest BCUT2D eigenvalue weighted by Gasteiger charge is 2.32. The van der Waals surface area contributed by atoms with Gasteiger partial charge in [-0.05, 0) is 31.0 Å². The summed E-state index contributed by atoms with van der Waals surface area (Å²) in [5, 5.41) is 24.5. The summed E-state index contributed by atoms with van der Waals surface area (Å²) in [6.45, 7) is -0.0263. The molecule has 2 atom stereocenters. The Balaban J connectivity index is 1.72. The number of carbonyl (C=O) groups excluding carboxylic acids is 2. The number of amides is 2. The van der Waals surface area contributed by atoms with Gasteiger partial charge < -0.3 is 20.7 Å². The van der Waals surface area contributed by atoms with Crippen LogP contribution in [-0.2, 0) is 4.79 Å². The molecule has 1 saturated carbocycles. The van der Waals surface area contributed by atoms with E-state index in [2.05, 4.69) is 15.6 Å². The van der Waals surface area contributed by atoms with Crippen LogP contribution in [0.25, 0.3) is 10.9 Å². The average Bonchev–Trinajstić information content (AvgIpc) is 3.03. The second-order valence-corrected chi connectivity index (χ2v) is 6.30. The number of hydrogen-bond donors (Lipinski definition) is 4. The van der Waals surface area contributed by atoms with Crippen LogP contribution in [0.5, 0.6) is 5.75 Å². The molecular formula is C18H20N4O3. The van der Waals surface area contributed by atoms with Gasteiger partial charge in [-0.25, -0.2) is 0 Å². The zero-order chi connectivity index (χ0) is 17.8. The molecule has 0 saturated heterocycles. The molecule has 7 nitrogen and oxygen atoms in total. The van der Waals surface area contributed by atoms with Crippen molar-refractivity contribution in [3.63, 3.8) is 0 Å². The van der Waals surface area contributed by atoms with Gasteiger partial charge in [-0.3, -0.25) is 9.59 Å². The van der Waals surface area contributed by atoms with Crippen molar-refractivity contribution >= 4 is 22.7 Å². The molecule has 25 heavy (non-hydrogen) atoms. The second-order valence-electron chi connectivity index (χ2n) is 6.30. The maximum Gasteiger partial charge on any atom is 0.267 e. The summed E-state index contributed by atoms with van der Waals surface area (Å²) >= 11 is 0. The van der Waals surface area contributed by atoms with Gasteiger partial charge in [0.05, 0.1) is 12.0 Å². The van der Waals surface area contributed by atoms with E-state index in [0.717, 1.165) is 24.6 Å². The maximum absolute atomic E-state index is 12.6. The first-order valence-corrected chi connectivity index (χ1v) is 8.36. The van der Waals surface area contributed by atoms with Gasteiger partial charge in [-0.1, -0.05) is 12.8 Å². The third-order valence-corrected chi connectivity index (χ3v) is 4.61. The van der Waals surface area contributed by atoms with Gasteiger partial charge in [-0.15, -0.1) is 0 Å². The summed E-state index contributed by atoms with van der Waals surface area (Å²) in [6.07, 6.45) is 3.32. The predicted molar refractivity (Wildman–Crippen MR) is 91.8 cm³/mol. The molecular weight excluding hydrogens is 320 g/mol. The van der Waals surface area contributed by atoms with Gasteiger partial charge in [0.25, 0.3) is 5.91 Å². The fraction of sp³-hybridized carbons (Fsp3) is 0.389. The van der Waals surface area contributed by atoms with Crippen LogP contribution in [0, 0.1) is 17.2 Å². The molecule has 0 spiro atoms. The number of aromatic hydroxyl groups is 1. The molecule has 130 valence electrons. The fourth-order valence-corrected chi connectivity index (χ4v) is 3.36. The van der Waals surface area contributed by atoms with Crippen molar-refractivity contribution in [2.24, 2.45) is 5.92 Å². The van der Waals surface area contributed by atoms with Gasteiger partial charge in [-0.2, -0.15) is 5.26 Å². The van der Waals surface area contributed by atoms with E-state index in [0.29, 0.717) is 17.6 Å². The number of nitriles is 1. The molecule has 2 amide bonds. The van der Waals surface area contributed by atoms with Crippen molar-refractivity contribution in [1.82, 2.24) is 15.6 Å². The third kappa shape index (κ3) is 3.74. The summed E-state index contributed by atoms with van der Waals surface area (Å²) in [4.78, 5) is 27.8. The Bertz CT molecular complexity index is 836. The summed E-state index contributed by atoms with van der Waals surface area (Å²) in [5.74, 6) is -0.656. The van der Waals surface area contributed by atoms with Crippen molar-refractivity contribution in [3.05, 3.63) is 30.0 Å². The Morgan fingerprint density at radius 3 is 2.88 bits per heavy atom. The van der Waals surface area contributed by atoms with E-state index in [1.54, 1.807) is 24.3 Å². The van der Waals surface area contributed by atoms with Crippen LogP contribution in [0.15, 0.2) is 24.3 Å². The highest BCUT2D eigenvalue weighted by atomic mass is 16.3. The molecule has 0 unspecified atom stereocenters. The van der Waals surface area contributed by atoms with E-state index >= 15 is 0 Å². The minimum absolute atomic E-state index is 0.0263.